The molecular formula is C9H11FN2OS. The number of nitrogens with one attached hydrogen (secondary N) is 1. The van der Waals surface area contributed by atoms with E-state index in [9.17, 15) is 9.18 Å². The lowest BCUT2D eigenvalue weighted by Gasteiger charge is -2.04. The number of nitrogens with two attached hydrogens (primary N) is 1. The van der Waals surface area contributed by atoms with E-state index in [0.29, 0.717) is 16.9 Å². The van der Waals surface area contributed by atoms with E-state index >= 15 is 0 Å². The molecule has 0 aromatic heterocycles. The molecular weight excluding hydrogens is 203 g/mol. The van der Waals surface area contributed by atoms with Gasteiger partial charge in [-0.1, -0.05) is 0 Å². The lowest BCUT2D eigenvalue weighted by molar-refractivity contribution is 0.0953. The first-order valence-electron chi connectivity index (χ1n) is 3.97. The molecule has 76 valence electrons. The van der Waals surface area contributed by atoms with Crippen molar-refractivity contribution >= 4 is 17.7 Å². The molecule has 1 amide bonds. The van der Waals surface area contributed by atoms with Crippen molar-refractivity contribution < 1.29 is 9.18 Å². The Kier molecular flexibility index (Phi) is 3.91. The van der Waals surface area contributed by atoms with Crippen LogP contribution in [0.1, 0.15) is 15.9 Å². The molecule has 0 aliphatic rings. The topological polar surface area (TPSA) is 55.1 Å². The van der Waals surface area contributed by atoms with E-state index in [1.54, 1.807) is 0 Å². The number of carbonyl (C=O) groups excluding carboxylic acids is 1. The molecule has 0 heterocycles. The third-order valence-electron chi connectivity index (χ3n) is 1.74. The van der Waals surface area contributed by atoms with Gasteiger partial charge in [0.05, 0.1) is 0 Å². The first-order valence-corrected chi connectivity index (χ1v) is 5.36. The highest BCUT2D eigenvalue weighted by Gasteiger charge is 2.07. The van der Waals surface area contributed by atoms with Crippen LogP contribution in [0.4, 0.5) is 4.39 Å². The monoisotopic (exact) mass is 214 g/mol. The van der Waals surface area contributed by atoms with Gasteiger partial charge < -0.3 is 0 Å². The number of carbonyl (C=O) groups is 1. The largest absolute Gasteiger partial charge is 0.290 e. The zero-order valence-corrected chi connectivity index (χ0v) is 8.53. The lowest BCUT2D eigenvalue weighted by Crippen LogP contribution is -2.30. The fourth-order valence-corrected chi connectivity index (χ4v) is 1.60. The molecule has 5 heteroatoms. The predicted molar refractivity (Wildman–Crippen MR) is 55.3 cm³/mol. The second-order valence-electron chi connectivity index (χ2n) is 2.71. The summed E-state index contributed by atoms with van der Waals surface area (Å²) in [4.78, 5) is 11.1. The van der Waals surface area contributed by atoms with Crippen molar-refractivity contribution in [2.24, 2.45) is 5.84 Å². The quantitative estimate of drug-likeness (QED) is 0.453. The van der Waals surface area contributed by atoms with E-state index < -0.39 is 5.91 Å². The standard InChI is InChI=1S/C9H11FN2OS/c1-14-5-7-4-6(9(13)12-11)2-3-8(7)10/h2-4H,5,11H2,1H3,(H,12,13). The molecule has 1 aromatic carbocycles. The number of thioether (sulfide) groups is 1. The smallest absolute Gasteiger partial charge is 0.265 e. The summed E-state index contributed by atoms with van der Waals surface area (Å²) in [7, 11) is 0. The Morgan fingerprint density at radius 2 is 2.36 bits per heavy atom. The van der Waals surface area contributed by atoms with Crippen molar-refractivity contribution in [2.45, 2.75) is 5.75 Å². The number of benzene rings is 1. The summed E-state index contributed by atoms with van der Waals surface area (Å²) < 4.78 is 13.1. The molecule has 0 unspecified atom stereocenters. The van der Waals surface area contributed by atoms with Crippen molar-refractivity contribution in [1.82, 2.24) is 5.43 Å². The molecule has 0 fully saturated rings. The Morgan fingerprint density at radius 3 is 2.93 bits per heavy atom. The summed E-state index contributed by atoms with van der Waals surface area (Å²) in [6, 6.07) is 4.19. The van der Waals surface area contributed by atoms with Crippen LogP contribution in [0.3, 0.4) is 0 Å². The van der Waals surface area contributed by atoms with Crippen LogP contribution in [0.5, 0.6) is 0 Å². The number of nitrogen functional groups attached to an aromatic ring is 1. The van der Waals surface area contributed by atoms with E-state index in [4.69, 9.17) is 5.84 Å². The van der Waals surface area contributed by atoms with Gasteiger partial charge >= 0.3 is 0 Å². The average Bonchev–Trinajstić information content (AvgIpc) is 2.20. The van der Waals surface area contributed by atoms with Gasteiger partial charge in [0.1, 0.15) is 5.82 Å². The Hall–Kier alpha value is -1.07. The van der Waals surface area contributed by atoms with Gasteiger partial charge in [0.2, 0.25) is 0 Å². The van der Waals surface area contributed by atoms with Crippen molar-refractivity contribution in [2.75, 3.05) is 6.26 Å². The molecule has 0 spiro atoms. The van der Waals surface area contributed by atoms with Crippen LogP contribution < -0.4 is 11.3 Å². The minimum absolute atomic E-state index is 0.298. The van der Waals surface area contributed by atoms with Gasteiger partial charge in [-0.25, -0.2) is 10.2 Å². The molecule has 3 nitrogen and oxygen atoms in total. The molecule has 1 aromatic rings. The van der Waals surface area contributed by atoms with Gasteiger partial charge in [0.25, 0.3) is 5.91 Å². The predicted octanol–water partition coefficient (Wildman–Crippen LogP) is 1.29. The SMILES string of the molecule is CSCc1cc(C(=O)NN)ccc1F. The van der Waals surface area contributed by atoms with Crippen LogP contribution >= 0.6 is 11.8 Å². The molecule has 0 bridgehead atoms. The summed E-state index contributed by atoms with van der Waals surface area (Å²) in [6.07, 6.45) is 1.87. The molecule has 14 heavy (non-hydrogen) atoms. The summed E-state index contributed by atoms with van der Waals surface area (Å²) >= 11 is 1.49. The fourth-order valence-electron chi connectivity index (χ4n) is 1.07. The number of hydrogen-bond donors (Lipinski definition) is 2. The number of halogens is 1. The highest BCUT2D eigenvalue weighted by Crippen LogP contribution is 2.15. The van der Waals surface area contributed by atoms with Gasteiger partial charge in [0, 0.05) is 11.3 Å². The maximum atomic E-state index is 13.1. The average molecular weight is 214 g/mol. The van der Waals surface area contributed by atoms with Crippen LogP contribution in [0.2, 0.25) is 0 Å². The Balaban J connectivity index is 2.99. The van der Waals surface area contributed by atoms with Crippen LogP contribution in [0, 0.1) is 5.82 Å². The summed E-state index contributed by atoms with van der Waals surface area (Å²) in [5, 5.41) is 0. The maximum absolute atomic E-state index is 13.1. The summed E-state index contributed by atoms with van der Waals surface area (Å²) in [5.74, 6) is 4.80. The lowest BCUT2D eigenvalue weighted by atomic mass is 10.1. The van der Waals surface area contributed by atoms with Gasteiger partial charge in [-0.05, 0) is 30.0 Å². The van der Waals surface area contributed by atoms with Gasteiger partial charge in [-0.15, -0.1) is 0 Å². The third kappa shape index (κ3) is 2.46. The van der Waals surface area contributed by atoms with Crippen LogP contribution in [0.25, 0.3) is 0 Å². The molecule has 0 radical (unpaired) electrons. The first-order chi connectivity index (χ1) is 6.69. The second kappa shape index (κ2) is 4.97. The third-order valence-corrected chi connectivity index (χ3v) is 2.34. The fraction of sp³-hybridized carbons (Fsp3) is 0.222. The molecule has 3 N–H and O–H groups in total. The van der Waals surface area contributed by atoms with E-state index in [2.05, 4.69) is 0 Å². The normalized spacial score (nSPS) is 9.93. The maximum Gasteiger partial charge on any atom is 0.265 e. The number of hydrogen-bond acceptors (Lipinski definition) is 3. The van der Waals surface area contributed by atoms with Gasteiger partial charge in [-0.3, -0.25) is 10.2 Å². The minimum atomic E-state index is -0.410. The number of amides is 1. The van der Waals surface area contributed by atoms with Crippen LogP contribution in [-0.2, 0) is 5.75 Å². The van der Waals surface area contributed by atoms with E-state index in [0.717, 1.165) is 0 Å². The molecule has 0 saturated heterocycles. The van der Waals surface area contributed by atoms with Crippen molar-refractivity contribution in [3.63, 3.8) is 0 Å². The van der Waals surface area contributed by atoms with E-state index in [-0.39, 0.29) is 5.82 Å². The molecule has 0 aliphatic carbocycles. The highest BCUT2D eigenvalue weighted by molar-refractivity contribution is 7.97. The van der Waals surface area contributed by atoms with Gasteiger partial charge in [-0.2, -0.15) is 11.8 Å². The highest BCUT2D eigenvalue weighted by atomic mass is 32.2. The Labute approximate surface area is 85.8 Å². The second-order valence-corrected chi connectivity index (χ2v) is 3.58. The molecule has 0 aliphatic heterocycles. The first kappa shape index (κ1) is 11.0. The van der Waals surface area contributed by atoms with Crippen molar-refractivity contribution in [3.05, 3.63) is 35.1 Å². The van der Waals surface area contributed by atoms with E-state index in [1.807, 2.05) is 11.7 Å². The minimum Gasteiger partial charge on any atom is -0.290 e. The Bertz CT molecular complexity index is 344. The zero-order valence-electron chi connectivity index (χ0n) is 7.71. The van der Waals surface area contributed by atoms with Gasteiger partial charge in [0.15, 0.2) is 0 Å². The molecule has 0 atom stereocenters. The number of hydrazine groups is 1. The summed E-state index contributed by atoms with van der Waals surface area (Å²) in [5.41, 5.74) is 2.89. The van der Waals surface area contributed by atoms with E-state index in [1.165, 1.54) is 30.0 Å². The van der Waals surface area contributed by atoms with Crippen LogP contribution in [-0.4, -0.2) is 12.2 Å². The van der Waals surface area contributed by atoms with Crippen LogP contribution in [0.15, 0.2) is 18.2 Å². The Morgan fingerprint density at radius 1 is 1.64 bits per heavy atom. The molecule has 0 saturated carbocycles. The van der Waals surface area contributed by atoms with Crippen molar-refractivity contribution in [1.29, 1.82) is 0 Å². The number of rotatable bonds is 3. The van der Waals surface area contributed by atoms with Crippen molar-refractivity contribution in [3.8, 4) is 0 Å². The molecule has 1 rings (SSSR count). The zero-order chi connectivity index (χ0) is 10.6. The summed E-state index contributed by atoms with van der Waals surface area (Å²) in [6.45, 7) is 0.